The zero-order valence-electron chi connectivity index (χ0n) is 9.87. The average molecular weight is 304 g/mol. The minimum atomic E-state index is -0.764. The minimum absolute atomic E-state index is 0.105. The fourth-order valence-electron chi connectivity index (χ4n) is 0.976. The maximum Gasteiger partial charge on any atom is 0.341 e. The molecule has 0 aromatic carbocycles. The van der Waals surface area contributed by atoms with Gasteiger partial charge < -0.3 is 14.9 Å². The Bertz CT molecular complexity index is 437. The topological polar surface area (TPSA) is 82.5 Å². The summed E-state index contributed by atoms with van der Waals surface area (Å²) in [6.45, 7) is 7.54. The van der Waals surface area contributed by atoms with E-state index in [1.807, 2.05) is 13.8 Å². The Kier molecular flexibility index (Phi) is 6.27. The zero-order chi connectivity index (χ0) is 13.6. The van der Waals surface area contributed by atoms with E-state index in [2.05, 4.69) is 27.2 Å². The van der Waals surface area contributed by atoms with Crippen LogP contribution in [0.1, 0.15) is 40.5 Å². The first kappa shape index (κ1) is 15.4. The molecule has 0 aliphatic rings. The lowest BCUT2D eigenvalue weighted by Gasteiger charge is -1.97. The van der Waals surface area contributed by atoms with Crippen molar-refractivity contribution in [3.63, 3.8) is 0 Å². The highest BCUT2D eigenvalue weighted by atomic mass is 79.9. The SMILES string of the molecule is C=C(Br)c1oc(C(N)=O)cc1C(=O)OC.CC. The number of furan rings is 1. The van der Waals surface area contributed by atoms with Crippen molar-refractivity contribution >= 4 is 32.3 Å². The van der Waals surface area contributed by atoms with E-state index in [0.29, 0.717) is 4.48 Å². The average Bonchev–Trinajstić information content (AvgIpc) is 2.75. The third kappa shape index (κ3) is 3.74. The summed E-state index contributed by atoms with van der Waals surface area (Å²) in [6.07, 6.45) is 0. The van der Waals surface area contributed by atoms with Crippen LogP contribution in [-0.4, -0.2) is 19.0 Å². The molecule has 5 nitrogen and oxygen atoms in total. The van der Waals surface area contributed by atoms with Gasteiger partial charge in [-0.15, -0.1) is 0 Å². The molecule has 1 rings (SSSR count). The van der Waals surface area contributed by atoms with Crippen LogP contribution in [0.25, 0.3) is 4.48 Å². The lowest BCUT2D eigenvalue weighted by atomic mass is 10.2. The Morgan fingerprint density at radius 1 is 1.47 bits per heavy atom. The van der Waals surface area contributed by atoms with Gasteiger partial charge in [0.15, 0.2) is 11.5 Å². The number of nitrogens with two attached hydrogens (primary N) is 1. The number of rotatable bonds is 3. The van der Waals surface area contributed by atoms with Crippen LogP contribution < -0.4 is 5.73 Å². The number of methoxy groups -OCH3 is 1. The van der Waals surface area contributed by atoms with E-state index in [4.69, 9.17) is 10.2 Å². The second kappa shape index (κ2) is 6.90. The molecule has 0 atom stereocenters. The number of amides is 1. The normalized spacial score (nSPS) is 8.94. The first-order valence-electron chi connectivity index (χ1n) is 4.84. The number of primary amides is 1. The predicted octanol–water partition coefficient (Wildman–Crippen LogP) is 2.56. The summed E-state index contributed by atoms with van der Waals surface area (Å²) in [7, 11) is 1.22. The Labute approximate surface area is 108 Å². The Morgan fingerprint density at radius 3 is 2.35 bits per heavy atom. The largest absolute Gasteiger partial charge is 0.465 e. The van der Waals surface area contributed by atoms with E-state index in [-0.39, 0.29) is 17.1 Å². The van der Waals surface area contributed by atoms with Crippen molar-refractivity contribution in [2.24, 2.45) is 5.73 Å². The molecular formula is C11H14BrNO4. The number of carbonyl (C=O) groups is 2. The Balaban J connectivity index is 0.00000121. The van der Waals surface area contributed by atoms with E-state index in [1.54, 1.807) is 0 Å². The summed E-state index contributed by atoms with van der Waals surface area (Å²) in [5.74, 6) is -1.37. The van der Waals surface area contributed by atoms with Crippen molar-refractivity contribution in [1.82, 2.24) is 0 Å². The van der Waals surface area contributed by atoms with Crippen LogP contribution in [0.5, 0.6) is 0 Å². The molecule has 1 heterocycles. The van der Waals surface area contributed by atoms with Crippen molar-refractivity contribution in [2.45, 2.75) is 13.8 Å². The predicted molar refractivity (Wildman–Crippen MR) is 67.9 cm³/mol. The van der Waals surface area contributed by atoms with Crippen LogP contribution in [0.15, 0.2) is 17.1 Å². The van der Waals surface area contributed by atoms with Gasteiger partial charge in [-0.3, -0.25) is 4.79 Å². The summed E-state index contributed by atoms with van der Waals surface area (Å²) in [6, 6.07) is 1.22. The van der Waals surface area contributed by atoms with Crippen molar-refractivity contribution in [3.05, 3.63) is 29.7 Å². The first-order chi connectivity index (χ1) is 7.97. The summed E-state index contributed by atoms with van der Waals surface area (Å²) < 4.78 is 9.88. The van der Waals surface area contributed by atoms with Crippen LogP contribution in [0.2, 0.25) is 0 Å². The third-order valence-corrected chi connectivity index (χ3v) is 1.99. The van der Waals surface area contributed by atoms with Gasteiger partial charge in [0.2, 0.25) is 0 Å². The summed E-state index contributed by atoms with van der Waals surface area (Å²) in [5.41, 5.74) is 5.11. The van der Waals surface area contributed by atoms with Crippen molar-refractivity contribution < 1.29 is 18.7 Å². The standard InChI is InChI=1S/C9H8BrNO4.C2H6/c1-4(10)7-5(9(13)14-2)3-6(15-7)8(11)12;1-2/h3H,1H2,2H3,(H2,11,12);1-2H3. The van der Waals surface area contributed by atoms with E-state index >= 15 is 0 Å². The van der Waals surface area contributed by atoms with Gasteiger partial charge in [0.25, 0.3) is 5.91 Å². The molecular weight excluding hydrogens is 290 g/mol. The number of carbonyl (C=O) groups excluding carboxylic acids is 2. The van der Waals surface area contributed by atoms with Gasteiger partial charge in [-0.25, -0.2) is 4.79 Å². The number of ether oxygens (including phenoxy) is 1. The van der Waals surface area contributed by atoms with Gasteiger partial charge in [0.1, 0.15) is 5.56 Å². The maximum atomic E-state index is 11.3. The summed E-state index contributed by atoms with van der Waals surface area (Å²) in [5, 5.41) is 0. The number of esters is 1. The van der Waals surface area contributed by atoms with Crippen LogP contribution >= 0.6 is 15.9 Å². The quantitative estimate of drug-likeness (QED) is 0.870. The highest BCUT2D eigenvalue weighted by molar-refractivity contribution is 9.15. The van der Waals surface area contributed by atoms with Crippen molar-refractivity contribution in [3.8, 4) is 0 Å². The molecule has 17 heavy (non-hydrogen) atoms. The fraction of sp³-hybridized carbons (Fsp3) is 0.273. The summed E-state index contributed by atoms with van der Waals surface area (Å²) in [4.78, 5) is 22.1. The lowest BCUT2D eigenvalue weighted by molar-refractivity contribution is 0.0599. The van der Waals surface area contributed by atoms with E-state index in [1.165, 1.54) is 13.2 Å². The fourth-order valence-corrected chi connectivity index (χ4v) is 1.27. The molecule has 1 amide bonds. The van der Waals surface area contributed by atoms with E-state index in [9.17, 15) is 9.59 Å². The molecule has 1 aromatic heterocycles. The van der Waals surface area contributed by atoms with Crippen LogP contribution in [0, 0.1) is 0 Å². The Hall–Kier alpha value is -1.56. The van der Waals surface area contributed by atoms with Crippen molar-refractivity contribution in [1.29, 1.82) is 0 Å². The molecule has 0 fully saturated rings. The third-order valence-electron chi connectivity index (χ3n) is 1.63. The Morgan fingerprint density at radius 2 is 2.00 bits per heavy atom. The zero-order valence-corrected chi connectivity index (χ0v) is 11.5. The molecule has 0 spiro atoms. The molecule has 0 unspecified atom stereocenters. The summed E-state index contributed by atoms with van der Waals surface area (Å²) >= 11 is 3.05. The van der Waals surface area contributed by atoms with E-state index in [0.717, 1.165) is 0 Å². The molecule has 2 N–H and O–H groups in total. The first-order valence-corrected chi connectivity index (χ1v) is 5.63. The van der Waals surface area contributed by atoms with Gasteiger partial charge in [-0.05, 0) is 15.9 Å². The minimum Gasteiger partial charge on any atom is -0.465 e. The van der Waals surface area contributed by atoms with Crippen LogP contribution in [-0.2, 0) is 4.74 Å². The van der Waals surface area contributed by atoms with Gasteiger partial charge in [0.05, 0.1) is 11.6 Å². The smallest absolute Gasteiger partial charge is 0.341 e. The molecule has 0 saturated carbocycles. The van der Waals surface area contributed by atoms with Gasteiger partial charge in [-0.2, -0.15) is 0 Å². The van der Waals surface area contributed by atoms with Crippen LogP contribution in [0.4, 0.5) is 0 Å². The molecule has 0 bridgehead atoms. The maximum absolute atomic E-state index is 11.3. The number of halogens is 1. The second-order valence-corrected chi connectivity index (χ2v) is 3.57. The molecule has 0 aliphatic carbocycles. The van der Waals surface area contributed by atoms with Crippen LogP contribution in [0.3, 0.4) is 0 Å². The number of hydrogen-bond acceptors (Lipinski definition) is 4. The van der Waals surface area contributed by atoms with Crippen molar-refractivity contribution in [2.75, 3.05) is 7.11 Å². The molecule has 0 aliphatic heterocycles. The molecule has 1 aromatic rings. The van der Waals surface area contributed by atoms with Gasteiger partial charge in [0, 0.05) is 6.07 Å². The van der Waals surface area contributed by atoms with E-state index < -0.39 is 11.9 Å². The molecule has 6 heteroatoms. The monoisotopic (exact) mass is 303 g/mol. The highest BCUT2D eigenvalue weighted by Gasteiger charge is 2.21. The molecule has 0 saturated heterocycles. The highest BCUT2D eigenvalue weighted by Crippen LogP contribution is 2.26. The van der Waals surface area contributed by atoms with Gasteiger partial charge in [-0.1, -0.05) is 20.4 Å². The van der Waals surface area contributed by atoms with Gasteiger partial charge >= 0.3 is 5.97 Å². The molecule has 94 valence electrons. The molecule has 0 radical (unpaired) electrons. The number of hydrogen-bond donors (Lipinski definition) is 1. The lowest BCUT2D eigenvalue weighted by Crippen LogP contribution is -2.09. The second-order valence-electron chi connectivity index (χ2n) is 2.61.